The molecule has 4 atom stereocenters. The Morgan fingerprint density at radius 3 is 2.28 bits per heavy atom. The number of hydrogen-bond acceptors (Lipinski definition) is 2. The van der Waals surface area contributed by atoms with Crippen LogP contribution in [-0.4, -0.2) is 29.7 Å². The molecule has 18 heavy (non-hydrogen) atoms. The number of aliphatic carboxylic acids is 1. The molecule has 7 heteroatoms. The molecule has 2 aliphatic carbocycles. The number of fused-ring (bicyclic) bond motifs is 2. The second kappa shape index (κ2) is 4.44. The van der Waals surface area contributed by atoms with Gasteiger partial charge in [0.25, 0.3) is 0 Å². The molecule has 0 aromatic rings. The van der Waals surface area contributed by atoms with E-state index in [0.29, 0.717) is 12.8 Å². The Morgan fingerprint density at radius 2 is 1.83 bits per heavy atom. The molecule has 2 saturated carbocycles. The summed E-state index contributed by atoms with van der Waals surface area (Å²) >= 11 is 0. The van der Waals surface area contributed by atoms with Gasteiger partial charge in [-0.1, -0.05) is 0 Å². The van der Waals surface area contributed by atoms with Gasteiger partial charge in [-0.25, -0.2) is 0 Å². The van der Waals surface area contributed by atoms with Crippen LogP contribution in [0.5, 0.6) is 0 Å². The molecule has 0 saturated heterocycles. The summed E-state index contributed by atoms with van der Waals surface area (Å²) in [5.74, 6) is -2.92. The van der Waals surface area contributed by atoms with E-state index in [1.165, 1.54) is 0 Å². The summed E-state index contributed by atoms with van der Waals surface area (Å²) in [4.78, 5) is 21.5. The quantitative estimate of drug-likeness (QED) is 0.810. The molecule has 0 aliphatic heterocycles. The van der Waals surface area contributed by atoms with Crippen molar-refractivity contribution in [1.82, 2.24) is 5.32 Å². The second-order valence-electron chi connectivity index (χ2n) is 5.14. The summed E-state index contributed by atoms with van der Waals surface area (Å²) in [6.45, 7) is -0.00809. The van der Waals surface area contributed by atoms with Crippen LogP contribution in [0.4, 0.5) is 13.2 Å². The van der Waals surface area contributed by atoms with E-state index in [1.54, 1.807) is 0 Å². The summed E-state index contributed by atoms with van der Waals surface area (Å²) in [5.41, 5.74) is 0. The van der Waals surface area contributed by atoms with E-state index < -0.39 is 18.1 Å². The van der Waals surface area contributed by atoms with Crippen LogP contribution >= 0.6 is 0 Å². The highest BCUT2D eigenvalue weighted by Gasteiger charge is 2.49. The van der Waals surface area contributed by atoms with Crippen LogP contribution in [0, 0.1) is 23.7 Å². The van der Waals surface area contributed by atoms with Gasteiger partial charge in [-0.15, -0.1) is 0 Å². The number of nitrogens with one attached hydrogen (secondary N) is 1. The molecule has 0 radical (unpaired) electrons. The number of rotatable bonds is 3. The van der Waals surface area contributed by atoms with Crippen LogP contribution < -0.4 is 5.32 Å². The molecule has 0 aromatic heterocycles. The van der Waals surface area contributed by atoms with Crippen molar-refractivity contribution >= 4 is 11.9 Å². The fraction of sp³-hybridized carbons (Fsp3) is 0.818. The Balaban J connectivity index is 1.82. The normalized spacial score (nSPS) is 34.6. The number of carboxylic acid groups (broad SMARTS) is 1. The number of carboxylic acids is 1. The van der Waals surface area contributed by atoms with Gasteiger partial charge in [0.2, 0.25) is 0 Å². The number of alkyl halides is 3. The maximum absolute atomic E-state index is 12.0. The summed E-state index contributed by atoms with van der Waals surface area (Å²) in [6.07, 6.45) is -2.98. The molecule has 2 bridgehead atoms. The van der Waals surface area contributed by atoms with Crippen LogP contribution in [0.15, 0.2) is 0 Å². The lowest BCUT2D eigenvalue weighted by Crippen LogP contribution is -2.40. The van der Waals surface area contributed by atoms with E-state index in [9.17, 15) is 22.8 Å². The van der Waals surface area contributed by atoms with Gasteiger partial charge in [-0.05, 0) is 37.0 Å². The highest BCUT2D eigenvalue weighted by atomic mass is 19.4. The Hall–Kier alpha value is -1.27. The first-order valence-electron chi connectivity index (χ1n) is 5.87. The van der Waals surface area contributed by atoms with Gasteiger partial charge in [0.1, 0.15) is 0 Å². The molecular formula is C11H14F3NO3. The fourth-order valence-electron chi connectivity index (χ4n) is 3.27. The Kier molecular flexibility index (Phi) is 3.25. The first-order chi connectivity index (χ1) is 8.29. The third-order valence-corrected chi connectivity index (χ3v) is 4.10. The molecule has 2 fully saturated rings. The van der Waals surface area contributed by atoms with E-state index in [4.69, 9.17) is 5.11 Å². The Bertz CT molecular complexity index is 369. The van der Waals surface area contributed by atoms with Crippen molar-refractivity contribution in [3.8, 4) is 0 Å². The number of halogens is 3. The van der Waals surface area contributed by atoms with E-state index in [2.05, 4.69) is 0 Å². The van der Waals surface area contributed by atoms with Gasteiger partial charge in [-0.2, -0.15) is 13.2 Å². The summed E-state index contributed by atoms with van der Waals surface area (Å²) in [7, 11) is 0. The predicted octanol–water partition coefficient (Wildman–Crippen LogP) is 1.41. The third kappa shape index (κ3) is 2.44. The van der Waals surface area contributed by atoms with Crippen molar-refractivity contribution in [1.29, 1.82) is 0 Å². The van der Waals surface area contributed by atoms with Crippen LogP contribution in [0.25, 0.3) is 0 Å². The van der Waals surface area contributed by atoms with E-state index in [0.717, 1.165) is 6.42 Å². The zero-order valence-corrected chi connectivity index (χ0v) is 9.54. The molecule has 0 aromatic carbocycles. The standard InChI is InChI=1S/C11H14F3NO3/c12-11(13,14)10(18)15-4-7-2-6-1-5(7)3-8(6)9(16)17/h5-8H,1-4H2,(H,15,18)(H,16,17). The topological polar surface area (TPSA) is 66.4 Å². The van der Waals surface area contributed by atoms with E-state index in [-0.39, 0.29) is 30.2 Å². The molecule has 2 aliphatic rings. The first-order valence-corrected chi connectivity index (χ1v) is 5.87. The Morgan fingerprint density at radius 1 is 1.17 bits per heavy atom. The minimum atomic E-state index is -4.85. The zero-order chi connectivity index (χ0) is 13.5. The number of amides is 1. The third-order valence-electron chi connectivity index (χ3n) is 4.10. The van der Waals surface area contributed by atoms with Gasteiger partial charge in [0.05, 0.1) is 5.92 Å². The van der Waals surface area contributed by atoms with Gasteiger partial charge < -0.3 is 10.4 Å². The summed E-state index contributed by atoms with van der Waals surface area (Å²) < 4.78 is 36.0. The SMILES string of the molecule is O=C(O)C1CC2CC1CC2CNC(=O)C(F)(F)F. The molecule has 2 rings (SSSR count). The lowest BCUT2D eigenvalue weighted by molar-refractivity contribution is -0.173. The lowest BCUT2D eigenvalue weighted by Gasteiger charge is -2.25. The molecule has 102 valence electrons. The van der Waals surface area contributed by atoms with E-state index in [1.807, 2.05) is 5.32 Å². The van der Waals surface area contributed by atoms with Crippen molar-refractivity contribution in [3.63, 3.8) is 0 Å². The minimum absolute atomic E-state index is 0.00809. The molecule has 2 N–H and O–H groups in total. The Labute approximate surface area is 102 Å². The molecular weight excluding hydrogens is 251 g/mol. The largest absolute Gasteiger partial charge is 0.481 e. The van der Waals surface area contributed by atoms with Crippen molar-refractivity contribution in [2.45, 2.75) is 25.4 Å². The van der Waals surface area contributed by atoms with Crippen LogP contribution in [0.1, 0.15) is 19.3 Å². The molecule has 4 nitrogen and oxygen atoms in total. The van der Waals surface area contributed by atoms with Crippen LogP contribution in [0.2, 0.25) is 0 Å². The highest BCUT2D eigenvalue weighted by molar-refractivity contribution is 5.81. The lowest BCUT2D eigenvalue weighted by atomic mass is 9.82. The summed E-state index contributed by atoms with van der Waals surface area (Å²) in [6, 6.07) is 0. The predicted molar refractivity (Wildman–Crippen MR) is 54.5 cm³/mol. The van der Waals surface area contributed by atoms with Gasteiger partial charge in [-0.3, -0.25) is 9.59 Å². The average molecular weight is 265 g/mol. The molecule has 1 amide bonds. The molecule has 4 unspecified atom stereocenters. The first kappa shape index (κ1) is 13.2. The number of carbonyl (C=O) groups excluding carboxylic acids is 1. The van der Waals surface area contributed by atoms with Gasteiger partial charge >= 0.3 is 18.1 Å². The monoisotopic (exact) mass is 265 g/mol. The van der Waals surface area contributed by atoms with Crippen molar-refractivity contribution in [2.24, 2.45) is 23.7 Å². The maximum atomic E-state index is 12.0. The summed E-state index contributed by atoms with van der Waals surface area (Å²) in [5, 5.41) is 10.8. The van der Waals surface area contributed by atoms with Crippen LogP contribution in [-0.2, 0) is 9.59 Å². The molecule has 0 spiro atoms. The van der Waals surface area contributed by atoms with Crippen molar-refractivity contribution < 1.29 is 27.9 Å². The highest BCUT2D eigenvalue weighted by Crippen LogP contribution is 2.51. The smallest absolute Gasteiger partial charge is 0.471 e. The number of carbonyl (C=O) groups is 2. The minimum Gasteiger partial charge on any atom is -0.481 e. The van der Waals surface area contributed by atoms with Crippen molar-refractivity contribution in [3.05, 3.63) is 0 Å². The average Bonchev–Trinajstić information content (AvgIpc) is 2.82. The van der Waals surface area contributed by atoms with Gasteiger partial charge in [0.15, 0.2) is 0 Å². The van der Waals surface area contributed by atoms with Crippen molar-refractivity contribution in [2.75, 3.05) is 6.54 Å². The zero-order valence-electron chi connectivity index (χ0n) is 9.54. The van der Waals surface area contributed by atoms with Crippen LogP contribution in [0.3, 0.4) is 0 Å². The molecule has 0 heterocycles. The number of hydrogen-bond donors (Lipinski definition) is 2. The van der Waals surface area contributed by atoms with Gasteiger partial charge in [0, 0.05) is 6.54 Å². The van der Waals surface area contributed by atoms with E-state index >= 15 is 0 Å². The maximum Gasteiger partial charge on any atom is 0.471 e. The second-order valence-corrected chi connectivity index (χ2v) is 5.14. The fourth-order valence-corrected chi connectivity index (χ4v) is 3.27.